The second-order valence-electron chi connectivity index (χ2n) is 7.87. The van der Waals surface area contributed by atoms with Gasteiger partial charge in [-0.1, -0.05) is 65.7 Å². The maximum absolute atomic E-state index is 10.6. The predicted octanol–water partition coefficient (Wildman–Crippen LogP) is 7.57. The van der Waals surface area contributed by atoms with Gasteiger partial charge in [-0.15, -0.1) is 0 Å². The fourth-order valence-corrected chi connectivity index (χ4v) is 4.11. The number of imidazole rings is 1. The molecule has 0 bridgehead atoms. The van der Waals surface area contributed by atoms with E-state index in [-0.39, 0.29) is 13.0 Å². The first-order valence-corrected chi connectivity index (χ1v) is 11.9. The van der Waals surface area contributed by atoms with Crippen LogP contribution in [0.2, 0.25) is 10.0 Å². The van der Waals surface area contributed by atoms with Crippen LogP contribution >= 0.6 is 23.2 Å². The van der Waals surface area contributed by atoms with Crippen molar-refractivity contribution in [2.24, 2.45) is 0 Å². The van der Waals surface area contributed by atoms with Crippen molar-refractivity contribution in [3.05, 3.63) is 94.4 Å². The Morgan fingerprint density at radius 3 is 2.31 bits per heavy atom. The molecule has 0 radical (unpaired) electrons. The molecule has 178 valence electrons. The summed E-state index contributed by atoms with van der Waals surface area (Å²) in [4.78, 5) is 15.4. The molecule has 0 aliphatic rings. The van der Waals surface area contributed by atoms with E-state index >= 15 is 0 Å². The molecule has 0 aliphatic heterocycles. The van der Waals surface area contributed by atoms with E-state index < -0.39 is 5.97 Å². The van der Waals surface area contributed by atoms with Crippen molar-refractivity contribution >= 4 is 41.3 Å². The van der Waals surface area contributed by atoms with Crippen LogP contribution in [0, 0.1) is 0 Å². The van der Waals surface area contributed by atoms with Gasteiger partial charge in [-0.2, -0.15) is 0 Å². The van der Waals surface area contributed by atoms with Crippen molar-refractivity contribution in [3.63, 3.8) is 0 Å². The highest BCUT2D eigenvalue weighted by Gasteiger charge is 2.10. The summed E-state index contributed by atoms with van der Waals surface area (Å²) >= 11 is 12.4. The summed E-state index contributed by atoms with van der Waals surface area (Å²) in [5, 5.41) is 9.87. The Morgan fingerprint density at radius 2 is 1.69 bits per heavy atom. The number of rotatable bonds is 9. The number of carboxylic acid groups (broad SMARTS) is 1. The lowest BCUT2D eigenvalue weighted by Crippen LogP contribution is -2.04. The number of hydrogen-bond donors (Lipinski definition) is 1. The van der Waals surface area contributed by atoms with E-state index in [1.54, 1.807) is 6.07 Å². The number of aryl methyl sites for hydroxylation is 1. The number of aromatic nitrogens is 2. The van der Waals surface area contributed by atoms with Crippen LogP contribution in [0.5, 0.6) is 5.75 Å². The minimum atomic E-state index is -0.874. The number of carbonyl (C=O) groups is 1. The third-order valence-corrected chi connectivity index (χ3v) is 6.01. The number of benzene rings is 3. The van der Waals surface area contributed by atoms with Crippen molar-refractivity contribution in [2.45, 2.75) is 19.9 Å². The summed E-state index contributed by atoms with van der Waals surface area (Å²) in [6.07, 6.45) is 6.00. The average Bonchev–Trinajstić information content (AvgIpc) is 3.26. The maximum Gasteiger partial charge on any atom is 0.306 e. The predicted molar refractivity (Wildman–Crippen MR) is 142 cm³/mol. The quantitative estimate of drug-likeness (QED) is 0.254. The molecular weight excluding hydrogens is 483 g/mol. The minimum Gasteiger partial charge on any atom is -0.493 e. The molecule has 0 aliphatic carbocycles. The Balaban J connectivity index is 1.46. The number of aliphatic carboxylic acids is 1. The van der Waals surface area contributed by atoms with Crippen molar-refractivity contribution in [2.75, 3.05) is 6.61 Å². The SMILES string of the molecule is CCn1cc(-c2ccc(Cl)cc2Cl)nc1/C=C/c1ccc(-c2ccc(OCCC(=O)O)cc2)cc1. The fourth-order valence-electron chi connectivity index (χ4n) is 3.60. The molecule has 1 aromatic heterocycles. The minimum absolute atomic E-state index is 0.0224. The van der Waals surface area contributed by atoms with Crippen LogP contribution in [0.3, 0.4) is 0 Å². The van der Waals surface area contributed by atoms with Crippen LogP contribution in [0.1, 0.15) is 24.7 Å². The normalized spacial score (nSPS) is 11.2. The van der Waals surface area contributed by atoms with E-state index in [2.05, 4.69) is 35.8 Å². The highest BCUT2D eigenvalue weighted by Crippen LogP contribution is 2.30. The maximum atomic E-state index is 10.6. The lowest BCUT2D eigenvalue weighted by molar-refractivity contribution is -0.137. The first-order valence-electron chi connectivity index (χ1n) is 11.2. The second kappa shape index (κ2) is 11.3. The Hall–Kier alpha value is -3.54. The van der Waals surface area contributed by atoms with Crippen LogP contribution in [-0.4, -0.2) is 27.2 Å². The molecule has 0 amide bonds. The third kappa shape index (κ3) is 6.32. The first kappa shape index (κ1) is 24.6. The van der Waals surface area contributed by atoms with Gasteiger partial charge < -0.3 is 14.4 Å². The van der Waals surface area contributed by atoms with Gasteiger partial charge >= 0.3 is 5.97 Å². The number of ether oxygens (including phenoxy) is 1. The summed E-state index contributed by atoms with van der Waals surface area (Å²) in [5.41, 5.74) is 4.84. The van der Waals surface area contributed by atoms with Gasteiger partial charge in [0.1, 0.15) is 11.6 Å². The lowest BCUT2D eigenvalue weighted by atomic mass is 10.0. The number of nitrogens with zero attached hydrogens (tertiary/aromatic N) is 2. The largest absolute Gasteiger partial charge is 0.493 e. The topological polar surface area (TPSA) is 64.4 Å². The Labute approximate surface area is 214 Å². The molecule has 3 aromatic carbocycles. The summed E-state index contributed by atoms with van der Waals surface area (Å²) in [5.74, 6) is 0.622. The standard InChI is InChI=1S/C28H24Cl2N2O3/c1-2-32-18-26(24-13-10-22(29)17-25(24)30)31-27(32)14-5-19-3-6-20(7-4-19)21-8-11-23(12-9-21)35-16-15-28(33)34/h3-14,17-18H,2,15-16H2,1H3,(H,33,34)/b14-5+. The Morgan fingerprint density at radius 1 is 1.00 bits per heavy atom. The Kier molecular flexibility index (Phi) is 7.91. The molecule has 5 nitrogen and oxygen atoms in total. The van der Waals surface area contributed by atoms with Crippen LogP contribution in [0.15, 0.2) is 72.9 Å². The van der Waals surface area contributed by atoms with Crippen molar-refractivity contribution < 1.29 is 14.6 Å². The summed E-state index contributed by atoms with van der Waals surface area (Å²) < 4.78 is 7.52. The summed E-state index contributed by atoms with van der Waals surface area (Å²) in [7, 11) is 0. The van der Waals surface area contributed by atoms with Gasteiger partial charge in [0.05, 0.1) is 23.7 Å². The van der Waals surface area contributed by atoms with Gasteiger partial charge in [-0.25, -0.2) is 4.98 Å². The molecule has 0 atom stereocenters. The molecule has 0 spiro atoms. The molecule has 4 rings (SSSR count). The zero-order valence-corrected chi connectivity index (χ0v) is 20.6. The van der Waals surface area contributed by atoms with Gasteiger partial charge in [0.2, 0.25) is 0 Å². The van der Waals surface area contributed by atoms with Gasteiger partial charge in [0, 0.05) is 23.3 Å². The van der Waals surface area contributed by atoms with Gasteiger partial charge in [0.25, 0.3) is 0 Å². The van der Waals surface area contributed by atoms with Gasteiger partial charge in [-0.05, 0) is 60.0 Å². The van der Waals surface area contributed by atoms with E-state index in [4.69, 9.17) is 38.0 Å². The van der Waals surface area contributed by atoms with Gasteiger partial charge in [0.15, 0.2) is 0 Å². The van der Waals surface area contributed by atoms with E-state index in [1.807, 2.05) is 54.7 Å². The smallest absolute Gasteiger partial charge is 0.306 e. The summed E-state index contributed by atoms with van der Waals surface area (Å²) in [6.45, 7) is 3.01. The highest BCUT2D eigenvalue weighted by atomic mass is 35.5. The highest BCUT2D eigenvalue weighted by molar-refractivity contribution is 6.36. The monoisotopic (exact) mass is 506 g/mol. The molecule has 1 N–H and O–H groups in total. The second-order valence-corrected chi connectivity index (χ2v) is 8.71. The number of hydrogen-bond acceptors (Lipinski definition) is 3. The molecule has 0 saturated heterocycles. The fraction of sp³-hybridized carbons (Fsp3) is 0.143. The lowest BCUT2D eigenvalue weighted by Gasteiger charge is -2.07. The van der Waals surface area contributed by atoms with E-state index in [1.165, 1.54) is 0 Å². The van der Waals surface area contributed by atoms with E-state index in [9.17, 15) is 4.79 Å². The molecule has 0 unspecified atom stereocenters. The number of halogens is 2. The molecule has 1 heterocycles. The van der Waals surface area contributed by atoms with Crippen molar-refractivity contribution in [1.82, 2.24) is 9.55 Å². The van der Waals surface area contributed by atoms with Crippen LogP contribution in [0.25, 0.3) is 34.5 Å². The van der Waals surface area contributed by atoms with E-state index in [0.717, 1.165) is 40.3 Å². The zero-order valence-electron chi connectivity index (χ0n) is 19.1. The van der Waals surface area contributed by atoms with Crippen molar-refractivity contribution in [1.29, 1.82) is 0 Å². The first-order chi connectivity index (χ1) is 16.9. The van der Waals surface area contributed by atoms with Crippen LogP contribution < -0.4 is 4.74 Å². The number of carboxylic acids is 1. The molecule has 0 fully saturated rings. The molecule has 7 heteroatoms. The van der Waals surface area contributed by atoms with Crippen LogP contribution in [0.4, 0.5) is 0 Å². The van der Waals surface area contributed by atoms with Gasteiger partial charge in [-0.3, -0.25) is 4.79 Å². The Bertz CT molecular complexity index is 1340. The molecular formula is C28H24Cl2N2O3. The van der Waals surface area contributed by atoms with E-state index in [0.29, 0.717) is 15.8 Å². The average molecular weight is 507 g/mol. The zero-order chi connectivity index (χ0) is 24.8. The third-order valence-electron chi connectivity index (χ3n) is 5.46. The molecule has 0 saturated carbocycles. The summed E-state index contributed by atoms with van der Waals surface area (Å²) in [6, 6.07) is 21.3. The van der Waals surface area contributed by atoms with Crippen LogP contribution in [-0.2, 0) is 11.3 Å². The molecule has 4 aromatic rings. The van der Waals surface area contributed by atoms with Crippen molar-refractivity contribution in [3.8, 4) is 28.1 Å². The molecule has 35 heavy (non-hydrogen) atoms.